The Balaban J connectivity index is 1.35. The van der Waals surface area contributed by atoms with Crippen molar-refractivity contribution in [2.75, 3.05) is 13.2 Å². The SMILES string of the molecule is OC(CNC(c1cccs1)C1CCCC1)COc1cccc2ccccc12. The van der Waals surface area contributed by atoms with Crippen LogP contribution < -0.4 is 10.1 Å². The molecule has 3 nitrogen and oxygen atoms in total. The van der Waals surface area contributed by atoms with E-state index in [1.807, 2.05) is 24.3 Å². The van der Waals surface area contributed by atoms with Gasteiger partial charge in [0, 0.05) is 22.8 Å². The van der Waals surface area contributed by atoms with Gasteiger partial charge >= 0.3 is 0 Å². The molecule has 1 saturated carbocycles. The van der Waals surface area contributed by atoms with Gasteiger partial charge in [0.05, 0.1) is 0 Å². The third-order valence-electron chi connectivity index (χ3n) is 5.48. The fourth-order valence-electron chi connectivity index (χ4n) is 4.09. The summed E-state index contributed by atoms with van der Waals surface area (Å²) >= 11 is 1.81. The van der Waals surface area contributed by atoms with E-state index in [-0.39, 0.29) is 0 Å². The number of ether oxygens (including phenoxy) is 1. The lowest BCUT2D eigenvalue weighted by molar-refractivity contribution is 0.102. The highest BCUT2D eigenvalue weighted by Gasteiger charge is 2.27. The van der Waals surface area contributed by atoms with Crippen LogP contribution in [0.2, 0.25) is 0 Å². The van der Waals surface area contributed by atoms with Crippen LogP contribution in [0.5, 0.6) is 5.75 Å². The maximum Gasteiger partial charge on any atom is 0.127 e. The van der Waals surface area contributed by atoms with Gasteiger partial charge in [-0.15, -0.1) is 11.3 Å². The highest BCUT2D eigenvalue weighted by atomic mass is 32.1. The normalized spacial score (nSPS) is 17.2. The van der Waals surface area contributed by atoms with Crippen molar-refractivity contribution < 1.29 is 9.84 Å². The molecule has 2 atom stereocenters. The zero-order valence-electron chi connectivity index (χ0n) is 15.5. The molecule has 0 bridgehead atoms. The van der Waals surface area contributed by atoms with E-state index in [0.717, 1.165) is 16.5 Å². The van der Waals surface area contributed by atoms with E-state index in [4.69, 9.17) is 4.74 Å². The number of fused-ring (bicyclic) bond motifs is 1. The second kappa shape index (κ2) is 8.87. The van der Waals surface area contributed by atoms with E-state index in [1.165, 1.54) is 30.6 Å². The van der Waals surface area contributed by atoms with E-state index in [1.54, 1.807) is 11.3 Å². The molecule has 0 amide bonds. The monoisotopic (exact) mass is 381 g/mol. The Hall–Kier alpha value is -1.88. The quantitative estimate of drug-likeness (QED) is 0.566. The second-order valence-electron chi connectivity index (χ2n) is 7.39. The molecule has 4 heteroatoms. The van der Waals surface area contributed by atoms with Crippen molar-refractivity contribution in [3.8, 4) is 5.75 Å². The Morgan fingerprint density at radius 1 is 1.04 bits per heavy atom. The van der Waals surface area contributed by atoms with Gasteiger partial charge in [-0.05, 0) is 41.7 Å². The van der Waals surface area contributed by atoms with Crippen LogP contribution in [0.3, 0.4) is 0 Å². The van der Waals surface area contributed by atoms with Gasteiger partial charge in [-0.2, -0.15) is 0 Å². The average molecular weight is 382 g/mol. The molecule has 3 aromatic rings. The highest BCUT2D eigenvalue weighted by molar-refractivity contribution is 7.10. The van der Waals surface area contributed by atoms with Gasteiger partial charge in [-0.3, -0.25) is 0 Å². The molecule has 2 aromatic carbocycles. The minimum atomic E-state index is -0.534. The molecule has 1 aliphatic carbocycles. The average Bonchev–Trinajstić information content (AvgIpc) is 3.41. The zero-order valence-corrected chi connectivity index (χ0v) is 16.3. The zero-order chi connectivity index (χ0) is 18.5. The van der Waals surface area contributed by atoms with Crippen LogP contribution in [0.4, 0.5) is 0 Å². The third kappa shape index (κ3) is 4.52. The molecule has 2 unspecified atom stereocenters. The summed E-state index contributed by atoms with van der Waals surface area (Å²) in [7, 11) is 0. The number of aliphatic hydroxyl groups is 1. The molecule has 0 spiro atoms. The number of hydrogen-bond acceptors (Lipinski definition) is 4. The van der Waals surface area contributed by atoms with Crippen molar-refractivity contribution in [1.29, 1.82) is 0 Å². The predicted molar refractivity (Wildman–Crippen MR) is 112 cm³/mol. The fraction of sp³-hybridized carbons (Fsp3) is 0.391. The summed E-state index contributed by atoms with van der Waals surface area (Å²) in [6.07, 6.45) is 4.66. The van der Waals surface area contributed by atoms with E-state index < -0.39 is 6.10 Å². The summed E-state index contributed by atoms with van der Waals surface area (Å²) in [5.41, 5.74) is 0. The van der Waals surface area contributed by atoms with E-state index >= 15 is 0 Å². The maximum atomic E-state index is 10.5. The summed E-state index contributed by atoms with van der Waals surface area (Å²) in [6, 6.07) is 18.9. The van der Waals surface area contributed by atoms with E-state index in [0.29, 0.717) is 25.1 Å². The molecule has 1 fully saturated rings. The third-order valence-corrected chi connectivity index (χ3v) is 6.43. The van der Waals surface area contributed by atoms with Gasteiger partial charge in [0.25, 0.3) is 0 Å². The maximum absolute atomic E-state index is 10.5. The van der Waals surface area contributed by atoms with Crippen molar-refractivity contribution in [2.24, 2.45) is 5.92 Å². The van der Waals surface area contributed by atoms with Gasteiger partial charge in [0.15, 0.2) is 0 Å². The fourth-order valence-corrected chi connectivity index (χ4v) is 4.98. The van der Waals surface area contributed by atoms with Gasteiger partial charge in [-0.25, -0.2) is 0 Å². The van der Waals surface area contributed by atoms with Gasteiger partial charge < -0.3 is 15.2 Å². The first-order chi connectivity index (χ1) is 13.3. The lowest BCUT2D eigenvalue weighted by atomic mass is 9.96. The number of aliphatic hydroxyl groups excluding tert-OH is 1. The van der Waals surface area contributed by atoms with Crippen LogP contribution in [0.25, 0.3) is 10.8 Å². The summed E-state index contributed by atoms with van der Waals surface area (Å²) < 4.78 is 5.94. The van der Waals surface area contributed by atoms with Gasteiger partial charge in [0.1, 0.15) is 18.5 Å². The molecule has 1 aromatic heterocycles. The standard InChI is InChI=1S/C23H27NO2S/c25-19(16-26-21-12-5-10-17-7-3-4-11-20(17)21)15-24-23(18-8-1-2-9-18)22-13-6-14-27-22/h3-7,10-14,18-19,23-25H,1-2,8-9,15-16H2. The van der Waals surface area contributed by atoms with Crippen LogP contribution in [0.1, 0.15) is 36.6 Å². The number of thiophene rings is 1. The van der Waals surface area contributed by atoms with E-state index in [9.17, 15) is 5.11 Å². The molecule has 1 aliphatic rings. The molecule has 1 heterocycles. The van der Waals surface area contributed by atoms with Crippen molar-refractivity contribution in [1.82, 2.24) is 5.32 Å². The molecule has 142 valence electrons. The summed E-state index contributed by atoms with van der Waals surface area (Å²) in [6.45, 7) is 0.840. The highest BCUT2D eigenvalue weighted by Crippen LogP contribution is 2.37. The largest absolute Gasteiger partial charge is 0.490 e. The topological polar surface area (TPSA) is 41.5 Å². The minimum absolute atomic E-state index is 0.294. The predicted octanol–water partition coefficient (Wildman–Crippen LogP) is 5.16. The van der Waals surface area contributed by atoms with Gasteiger partial charge in [-0.1, -0.05) is 55.3 Å². The molecule has 27 heavy (non-hydrogen) atoms. The number of nitrogens with one attached hydrogen (secondary N) is 1. The van der Waals surface area contributed by atoms with Crippen LogP contribution in [-0.2, 0) is 0 Å². The van der Waals surface area contributed by atoms with Crippen LogP contribution >= 0.6 is 11.3 Å². The van der Waals surface area contributed by atoms with Crippen molar-refractivity contribution >= 4 is 22.1 Å². The molecule has 0 radical (unpaired) electrons. The molecule has 2 N–H and O–H groups in total. The number of hydrogen-bond donors (Lipinski definition) is 2. The molecule has 4 rings (SSSR count). The van der Waals surface area contributed by atoms with E-state index in [2.05, 4.69) is 41.0 Å². The van der Waals surface area contributed by atoms with Crippen molar-refractivity contribution in [3.05, 3.63) is 64.9 Å². The first-order valence-corrected chi connectivity index (χ1v) is 10.7. The Kier molecular flexibility index (Phi) is 6.07. The van der Waals surface area contributed by atoms with Gasteiger partial charge in [0.2, 0.25) is 0 Å². The van der Waals surface area contributed by atoms with Crippen molar-refractivity contribution in [3.63, 3.8) is 0 Å². The lowest BCUT2D eigenvalue weighted by Crippen LogP contribution is -2.36. The van der Waals surface area contributed by atoms with Crippen LogP contribution in [-0.4, -0.2) is 24.4 Å². The minimum Gasteiger partial charge on any atom is -0.490 e. The molecule has 0 saturated heterocycles. The van der Waals surface area contributed by atoms with Crippen LogP contribution in [0.15, 0.2) is 60.0 Å². The number of benzene rings is 2. The summed E-state index contributed by atoms with van der Waals surface area (Å²) in [5.74, 6) is 1.51. The van der Waals surface area contributed by atoms with Crippen LogP contribution in [0, 0.1) is 5.92 Å². The smallest absolute Gasteiger partial charge is 0.127 e. The van der Waals surface area contributed by atoms with Crippen molar-refractivity contribution in [2.45, 2.75) is 37.8 Å². The Labute approximate surface area is 165 Å². The first kappa shape index (κ1) is 18.5. The molecular weight excluding hydrogens is 354 g/mol. The Morgan fingerprint density at radius 3 is 2.67 bits per heavy atom. The Morgan fingerprint density at radius 2 is 1.85 bits per heavy atom. The summed E-state index contributed by atoms with van der Waals surface area (Å²) in [4.78, 5) is 1.38. The molecular formula is C23H27NO2S. The lowest BCUT2D eigenvalue weighted by Gasteiger charge is -2.25. The Bertz CT molecular complexity index is 837. The number of rotatable bonds is 8. The second-order valence-corrected chi connectivity index (χ2v) is 8.37. The first-order valence-electron chi connectivity index (χ1n) is 9.86. The molecule has 0 aliphatic heterocycles. The summed E-state index contributed by atoms with van der Waals surface area (Å²) in [5, 5.41) is 18.5.